The zero-order valence-corrected chi connectivity index (χ0v) is 9.85. The minimum absolute atomic E-state index is 0.0339. The van der Waals surface area contributed by atoms with Crippen LogP contribution in [0.2, 0.25) is 0 Å². The summed E-state index contributed by atoms with van der Waals surface area (Å²) in [4.78, 5) is 10.6. The largest absolute Gasteiger partial charge is 0.481 e. The van der Waals surface area contributed by atoms with Crippen molar-refractivity contribution < 1.29 is 14.3 Å². The van der Waals surface area contributed by atoms with Crippen LogP contribution in [0.5, 0.6) is 0 Å². The van der Waals surface area contributed by atoms with Crippen molar-refractivity contribution in [2.75, 3.05) is 0 Å². The maximum atomic E-state index is 10.6. The van der Waals surface area contributed by atoms with Crippen LogP contribution in [-0.4, -0.2) is 31.3 Å². The van der Waals surface area contributed by atoms with Crippen LogP contribution in [0.4, 0.5) is 0 Å². The van der Waals surface area contributed by atoms with Gasteiger partial charge in [-0.15, -0.1) is 5.10 Å². The molecule has 0 amide bonds. The lowest BCUT2D eigenvalue weighted by atomic mass is 10.1. The van der Waals surface area contributed by atoms with E-state index in [2.05, 4.69) is 15.5 Å². The molecule has 3 rings (SSSR count). The van der Waals surface area contributed by atoms with Gasteiger partial charge in [0.15, 0.2) is 5.82 Å². The van der Waals surface area contributed by atoms with E-state index in [9.17, 15) is 4.79 Å². The number of hydrogen-bond donors (Lipinski definition) is 1. The normalized spacial score (nSPS) is 10.9. The molecule has 19 heavy (non-hydrogen) atoms. The number of benzene rings is 1. The van der Waals surface area contributed by atoms with Crippen molar-refractivity contribution in [2.45, 2.75) is 13.0 Å². The second-order valence-electron chi connectivity index (χ2n) is 4.01. The van der Waals surface area contributed by atoms with E-state index in [1.54, 1.807) is 6.26 Å². The van der Waals surface area contributed by atoms with E-state index in [1.165, 1.54) is 4.68 Å². The molecular formula is C12H10N4O3. The topological polar surface area (TPSA) is 94.0 Å². The van der Waals surface area contributed by atoms with Crippen LogP contribution in [0.3, 0.4) is 0 Å². The van der Waals surface area contributed by atoms with Crippen molar-refractivity contribution >= 4 is 16.9 Å². The number of tetrazole rings is 1. The smallest absolute Gasteiger partial charge is 0.305 e. The summed E-state index contributed by atoms with van der Waals surface area (Å²) in [6.07, 6.45) is 1.54. The van der Waals surface area contributed by atoms with Crippen LogP contribution in [0, 0.1) is 0 Å². The first-order valence-electron chi connectivity index (χ1n) is 5.70. The maximum Gasteiger partial charge on any atom is 0.305 e. The predicted molar refractivity (Wildman–Crippen MR) is 65.3 cm³/mol. The molecular weight excluding hydrogens is 248 g/mol. The van der Waals surface area contributed by atoms with Crippen molar-refractivity contribution in [2.24, 2.45) is 0 Å². The van der Waals surface area contributed by atoms with Crippen molar-refractivity contribution in [1.82, 2.24) is 20.2 Å². The molecule has 0 atom stereocenters. The fourth-order valence-corrected chi connectivity index (χ4v) is 1.90. The second-order valence-corrected chi connectivity index (χ2v) is 4.01. The summed E-state index contributed by atoms with van der Waals surface area (Å²) in [7, 11) is 0. The highest BCUT2D eigenvalue weighted by Crippen LogP contribution is 2.28. The Morgan fingerprint density at radius 1 is 1.37 bits per heavy atom. The minimum Gasteiger partial charge on any atom is -0.481 e. The average molecular weight is 258 g/mol. The molecule has 0 radical (unpaired) electrons. The van der Waals surface area contributed by atoms with E-state index in [4.69, 9.17) is 9.52 Å². The summed E-state index contributed by atoms with van der Waals surface area (Å²) in [6, 6.07) is 7.53. The Morgan fingerprint density at radius 3 is 3.05 bits per heavy atom. The number of rotatable bonds is 4. The lowest BCUT2D eigenvalue weighted by Gasteiger charge is -2.00. The Kier molecular flexibility index (Phi) is 2.71. The van der Waals surface area contributed by atoms with Gasteiger partial charge < -0.3 is 9.52 Å². The number of aliphatic carboxylic acids is 1. The number of hydrogen-bond acceptors (Lipinski definition) is 5. The number of carboxylic acids is 1. The quantitative estimate of drug-likeness (QED) is 0.763. The summed E-state index contributed by atoms with van der Waals surface area (Å²) in [5.41, 5.74) is 1.50. The highest BCUT2D eigenvalue weighted by molar-refractivity contribution is 5.91. The number of nitrogens with zero attached hydrogens (tertiary/aromatic N) is 4. The Labute approximate surface area is 107 Å². The van der Waals surface area contributed by atoms with Crippen LogP contribution < -0.4 is 0 Å². The average Bonchev–Trinajstić information content (AvgIpc) is 3.02. The summed E-state index contributed by atoms with van der Waals surface area (Å²) in [5.74, 6) is -0.385. The molecule has 3 aromatic rings. The van der Waals surface area contributed by atoms with Crippen molar-refractivity contribution in [3.63, 3.8) is 0 Å². The molecule has 0 spiro atoms. The molecule has 0 aliphatic carbocycles. The van der Waals surface area contributed by atoms with Gasteiger partial charge in [-0.25, -0.2) is 4.68 Å². The number of para-hydroxylation sites is 1. The molecule has 2 heterocycles. The highest BCUT2D eigenvalue weighted by Gasteiger charge is 2.15. The predicted octanol–water partition coefficient (Wildman–Crippen LogP) is 1.56. The lowest BCUT2D eigenvalue weighted by Crippen LogP contribution is -2.07. The zero-order chi connectivity index (χ0) is 13.2. The summed E-state index contributed by atoms with van der Waals surface area (Å²) in [5, 5.41) is 20.9. The SMILES string of the molecule is O=C(O)CCn1nnnc1-c1coc2ccccc12. The number of aromatic nitrogens is 4. The lowest BCUT2D eigenvalue weighted by molar-refractivity contribution is -0.137. The molecule has 1 aromatic carbocycles. The minimum atomic E-state index is -0.890. The molecule has 0 aliphatic rings. The summed E-state index contributed by atoms with van der Waals surface area (Å²) >= 11 is 0. The van der Waals surface area contributed by atoms with Gasteiger partial charge in [0.05, 0.1) is 18.5 Å². The molecule has 7 heteroatoms. The first kappa shape index (κ1) is 11.4. The molecule has 2 aromatic heterocycles. The Hall–Kier alpha value is -2.70. The number of aryl methyl sites for hydroxylation is 1. The fourth-order valence-electron chi connectivity index (χ4n) is 1.90. The molecule has 0 fully saturated rings. The van der Waals surface area contributed by atoms with Gasteiger partial charge in [-0.2, -0.15) is 0 Å². The molecule has 0 unspecified atom stereocenters. The van der Waals surface area contributed by atoms with Crippen LogP contribution in [-0.2, 0) is 11.3 Å². The van der Waals surface area contributed by atoms with Crippen molar-refractivity contribution in [3.8, 4) is 11.4 Å². The molecule has 1 N–H and O–H groups in total. The number of fused-ring (bicyclic) bond motifs is 1. The first-order chi connectivity index (χ1) is 9.25. The second kappa shape index (κ2) is 4.52. The van der Waals surface area contributed by atoms with E-state index in [1.807, 2.05) is 24.3 Å². The number of carbonyl (C=O) groups is 1. The van der Waals surface area contributed by atoms with Gasteiger partial charge in [-0.05, 0) is 16.5 Å². The first-order valence-corrected chi connectivity index (χ1v) is 5.70. The third kappa shape index (κ3) is 2.05. The number of furan rings is 1. The van der Waals surface area contributed by atoms with Gasteiger partial charge in [-0.1, -0.05) is 18.2 Å². The van der Waals surface area contributed by atoms with Gasteiger partial charge in [0, 0.05) is 5.39 Å². The maximum absolute atomic E-state index is 10.6. The van der Waals surface area contributed by atoms with Crippen LogP contribution in [0.25, 0.3) is 22.4 Å². The van der Waals surface area contributed by atoms with E-state index in [0.717, 1.165) is 16.5 Å². The molecule has 0 bridgehead atoms. The third-order valence-corrected chi connectivity index (χ3v) is 2.79. The molecule has 0 saturated heterocycles. The van der Waals surface area contributed by atoms with E-state index >= 15 is 0 Å². The van der Waals surface area contributed by atoms with E-state index < -0.39 is 5.97 Å². The Bertz CT molecular complexity index is 731. The molecule has 0 aliphatic heterocycles. The summed E-state index contributed by atoms with van der Waals surface area (Å²) < 4.78 is 6.89. The Balaban J connectivity index is 2.02. The highest BCUT2D eigenvalue weighted by atomic mass is 16.4. The van der Waals surface area contributed by atoms with Gasteiger partial charge >= 0.3 is 5.97 Å². The fraction of sp³-hybridized carbons (Fsp3) is 0.167. The third-order valence-electron chi connectivity index (χ3n) is 2.79. The van der Waals surface area contributed by atoms with Gasteiger partial charge in [0.25, 0.3) is 0 Å². The van der Waals surface area contributed by atoms with Crippen molar-refractivity contribution in [1.29, 1.82) is 0 Å². The van der Waals surface area contributed by atoms with Gasteiger partial charge in [0.1, 0.15) is 11.8 Å². The van der Waals surface area contributed by atoms with Gasteiger partial charge in [0.2, 0.25) is 0 Å². The van der Waals surface area contributed by atoms with E-state index in [-0.39, 0.29) is 13.0 Å². The molecule has 96 valence electrons. The van der Waals surface area contributed by atoms with Gasteiger partial charge in [-0.3, -0.25) is 4.79 Å². The van der Waals surface area contributed by atoms with Crippen molar-refractivity contribution in [3.05, 3.63) is 30.5 Å². The van der Waals surface area contributed by atoms with Crippen LogP contribution in [0.1, 0.15) is 6.42 Å². The van der Waals surface area contributed by atoms with Crippen LogP contribution in [0.15, 0.2) is 34.9 Å². The zero-order valence-electron chi connectivity index (χ0n) is 9.85. The standard InChI is InChI=1S/C12H10N4O3/c17-11(18)5-6-16-12(13-14-15-16)9-7-19-10-4-2-1-3-8(9)10/h1-4,7H,5-6H2,(H,17,18). The number of carboxylic acid groups (broad SMARTS) is 1. The monoisotopic (exact) mass is 258 g/mol. The van der Waals surface area contributed by atoms with E-state index in [0.29, 0.717) is 5.82 Å². The molecule has 0 saturated carbocycles. The summed E-state index contributed by atoms with van der Waals surface area (Å²) in [6.45, 7) is 0.219. The Morgan fingerprint density at radius 2 is 2.21 bits per heavy atom. The molecule has 7 nitrogen and oxygen atoms in total. The van der Waals surface area contributed by atoms with Crippen LogP contribution >= 0.6 is 0 Å².